The molecule has 0 amide bonds. The van der Waals surface area contributed by atoms with Crippen molar-refractivity contribution in [2.75, 3.05) is 7.11 Å². The summed E-state index contributed by atoms with van der Waals surface area (Å²) in [6.45, 7) is 5.96. The SMILES string of the molecule is CC.COc1cc(C)c(S)cn1.NC(c1ccc(Cl)cc1)C(F)(F)F. The highest BCUT2D eigenvalue weighted by Gasteiger charge is 2.37. The summed E-state index contributed by atoms with van der Waals surface area (Å²) in [6, 6.07) is 5.19. The van der Waals surface area contributed by atoms with Crippen molar-refractivity contribution in [1.29, 1.82) is 0 Å². The minimum atomic E-state index is -4.41. The van der Waals surface area contributed by atoms with Gasteiger partial charge in [-0.3, -0.25) is 0 Å². The van der Waals surface area contributed by atoms with Crippen molar-refractivity contribution in [2.24, 2.45) is 5.73 Å². The van der Waals surface area contributed by atoms with Gasteiger partial charge in [-0.15, -0.1) is 12.6 Å². The van der Waals surface area contributed by atoms with Gasteiger partial charge in [0, 0.05) is 22.2 Å². The molecule has 0 aliphatic rings. The van der Waals surface area contributed by atoms with Gasteiger partial charge in [0.2, 0.25) is 5.88 Å². The number of benzene rings is 1. The van der Waals surface area contributed by atoms with Crippen LogP contribution in [0.3, 0.4) is 0 Å². The first-order valence-electron chi connectivity index (χ1n) is 7.42. The van der Waals surface area contributed by atoms with E-state index in [0.29, 0.717) is 10.9 Å². The van der Waals surface area contributed by atoms with Gasteiger partial charge in [-0.2, -0.15) is 13.2 Å². The quantitative estimate of drug-likeness (QED) is 0.650. The van der Waals surface area contributed by atoms with Crippen LogP contribution in [-0.2, 0) is 0 Å². The lowest BCUT2D eigenvalue weighted by molar-refractivity contribution is -0.149. The minimum Gasteiger partial charge on any atom is -0.481 e. The summed E-state index contributed by atoms with van der Waals surface area (Å²) in [5.74, 6) is 0.635. The number of halogens is 4. The number of alkyl halides is 3. The third-order valence-corrected chi connectivity index (χ3v) is 3.57. The van der Waals surface area contributed by atoms with Crippen LogP contribution in [0.25, 0.3) is 0 Å². The maximum Gasteiger partial charge on any atom is 0.407 e. The number of aromatic nitrogens is 1. The molecule has 0 bridgehead atoms. The largest absolute Gasteiger partial charge is 0.481 e. The van der Waals surface area contributed by atoms with E-state index in [1.54, 1.807) is 13.3 Å². The van der Waals surface area contributed by atoms with Gasteiger partial charge in [-0.1, -0.05) is 37.6 Å². The van der Waals surface area contributed by atoms with Gasteiger partial charge < -0.3 is 10.5 Å². The van der Waals surface area contributed by atoms with Gasteiger partial charge in [-0.05, 0) is 30.2 Å². The first kappa shape index (κ1) is 23.6. The van der Waals surface area contributed by atoms with E-state index >= 15 is 0 Å². The van der Waals surface area contributed by atoms with E-state index in [1.165, 1.54) is 24.3 Å². The van der Waals surface area contributed by atoms with Crippen molar-refractivity contribution in [3.05, 3.63) is 52.7 Å². The Bertz CT molecular complexity index is 637. The molecule has 0 fully saturated rings. The molecule has 3 nitrogen and oxygen atoms in total. The molecule has 0 aliphatic heterocycles. The van der Waals surface area contributed by atoms with E-state index < -0.39 is 12.2 Å². The standard InChI is InChI=1S/C8H7ClF3N.C7H9NOS.C2H6/c9-6-3-1-5(2-4-6)7(13)8(10,11)12;1-5-3-7(9-2)8-4-6(5)10;1-2/h1-4,7H,13H2;3-4,10H,1-2H3;1-2H3. The number of nitrogens with two attached hydrogens (primary N) is 1. The van der Waals surface area contributed by atoms with E-state index in [-0.39, 0.29) is 5.56 Å². The van der Waals surface area contributed by atoms with Crippen molar-refractivity contribution in [2.45, 2.75) is 37.9 Å². The van der Waals surface area contributed by atoms with Crippen molar-refractivity contribution >= 4 is 24.2 Å². The van der Waals surface area contributed by atoms with E-state index in [2.05, 4.69) is 17.6 Å². The van der Waals surface area contributed by atoms with Gasteiger partial charge in [0.1, 0.15) is 6.04 Å². The molecule has 2 aromatic rings. The lowest BCUT2D eigenvalue weighted by Gasteiger charge is -2.15. The smallest absolute Gasteiger partial charge is 0.407 e. The van der Waals surface area contributed by atoms with Gasteiger partial charge in [0.25, 0.3) is 0 Å². The second kappa shape index (κ2) is 11.2. The molecule has 1 heterocycles. The van der Waals surface area contributed by atoms with Crippen molar-refractivity contribution in [1.82, 2.24) is 4.98 Å². The maximum absolute atomic E-state index is 12.1. The minimum absolute atomic E-state index is 0.0110. The molecule has 0 radical (unpaired) electrons. The fraction of sp³-hybridized carbons (Fsp3) is 0.353. The zero-order chi connectivity index (χ0) is 19.6. The summed E-state index contributed by atoms with van der Waals surface area (Å²) < 4.78 is 41.1. The second-order valence-corrected chi connectivity index (χ2v) is 5.50. The Morgan fingerprint density at radius 1 is 1.20 bits per heavy atom. The fourth-order valence-corrected chi connectivity index (χ4v) is 1.74. The average molecular weight is 395 g/mol. The zero-order valence-corrected chi connectivity index (χ0v) is 16.1. The molecule has 2 N–H and O–H groups in total. The third-order valence-electron chi connectivity index (χ3n) is 2.85. The van der Waals surface area contributed by atoms with Crippen LogP contribution in [0.1, 0.15) is 31.0 Å². The Labute approximate surface area is 156 Å². The molecule has 140 valence electrons. The lowest BCUT2D eigenvalue weighted by Crippen LogP contribution is -2.28. The summed E-state index contributed by atoms with van der Waals surface area (Å²) >= 11 is 9.67. The van der Waals surface area contributed by atoms with Crippen LogP contribution in [0, 0.1) is 6.92 Å². The first-order chi connectivity index (χ1) is 11.6. The van der Waals surface area contributed by atoms with Crippen LogP contribution in [-0.4, -0.2) is 18.3 Å². The number of ether oxygens (including phenoxy) is 1. The molecule has 0 spiro atoms. The monoisotopic (exact) mass is 394 g/mol. The molecule has 1 aromatic carbocycles. The molecule has 0 aliphatic carbocycles. The Morgan fingerprint density at radius 2 is 1.72 bits per heavy atom. The lowest BCUT2D eigenvalue weighted by atomic mass is 10.1. The summed E-state index contributed by atoms with van der Waals surface area (Å²) in [4.78, 5) is 4.85. The normalized spacial score (nSPS) is 11.4. The predicted molar refractivity (Wildman–Crippen MR) is 98.6 cm³/mol. The van der Waals surface area contributed by atoms with Crippen LogP contribution in [0.4, 0.5) is 13.2 Å². The summed E-state index contributed by atoms with van der Waals surface area (Å²) in [5, 5.41) is 0.387. The van der Waals surface area contributed by atoms with Crippen molar-refractivity contribution in [3.8, 4) is 5.88 Å². The third kappa shape index (κ3) is 8.47. The Morgan fingerprint density at radius 3 is 2.12 bits per heavy atom. The molecular weight excluding hydrogens is 373 g/mol. The summed E-state index contributed by atoms with van der Waals surface area (Å²) in [7, 11) is 1.60. The molecule has 1 aromatic heterocycles. The predicted octanol–water partition coefficient (Wildman–Crippen LogP) is 5.62. The van der Waals surface area contributed by atoms with E-state index in [9.17, 15) is 13.2 Å². The summed E-state index contributed by atoms with van der Waals surface area (Å²) in [5.41, 5.74) is 6.04. The van der Waals surface area contributed by atoms with Crippen molar-refractivity contribution < 1.29 is 17.9 Å². The van der Waals surface area contributed by atoms with E-state index in [0.717, 1.165) is 10.5 Å². The topological polar surface area (TPSA) is 48.1 Å². The zero-order valence-electron chi connectivity index (χ0n) is 14.4. The van der Waals surface area contributed by atoms with Gasteiger partial charge in [-0.25, -0.2) is 4.98 Å². The second-order valence-electron chi connectivity index (χ2n) is 4.58. The number of pyridine rings is 1. The molecule has 2 rings (SSSR count). The van der Waals surface area contributed by atoms with Crippen molar-refractivity contribution in [3.63, 3.8) is 0 Å². The highest BCUT2D eigenvalue weighted by atomic mass is 35.5. The highest BCUT2D eigenvalue weighted by Crippen LogP contribution is 2.30. The van der Waals surface area contributed by atoms with Gasteiger partial charge in [0.05, 0.1) is 7.11 Å². The number of aryl methyl sites for hydroxylation is 1. The molecule has 0 saturated carbocycles. The number of hydrogen-bond acceptors (Lipinski definition) is 4. The Hall–Kier alpha value is -1.44. The molecule has 0 saturated heterocycles. The fourth-order valence-electron chi connectivity index (χ4n) is 1.49. The number of hydrogen-bond donors (Lipinski definition) is 2. The van der Waals surface area contributed by atoms with Crippen LogP contribution >= 0.6 is 24.2 Å². The highest BCUT2D eigenvalue weighted by molar-refractivity contribution is 7.80. The average Bonchev–Trinajstić information content (AvgIpc) is 2.59. The number of nitrogens with zero attached hydrogens (tertiary/aromatic N) is 1. The number of thiol groups is 1. The van der Waals surface area contributed by atoms with Gasteiger partial charge >= 0.3 is 6.18 Å². The van der Waals surface area contributed by atoms with E-state index in [1.807, 2.05) is 26.8 Å². The molecule has 25 heavy (non-hydrogen) atoms. The Balaban J connectivity index is 0.000000430. The van der Waals surface area contributed by atoms with Crippen LogP contribution in [0.15, 0.2) is 41.4 Å². The van der Waals surface area contributed by atoms with Crippen LogP contribution in [0.2, 0.25) is 5.02 Å². The maximum atomic E-state index is 12.1. The number of rotatable bonds is 2. The van der Waals surface area contributed by atoms with E-state index in [4.69, 9.17) is 22.1 Å². The van der Waals surface area contributed by atoms with Gasteiger partial charge in [0.15, 0.2) is 0 Å². The molecule has 1 atom stereocenters. The molecule has 1 unspecified atom stereocenters. The molecule has 8 heteroatoms. The summed E-state index contributed by atoms with van der Waals surface area (Å²) in [6.07, 6.45) is -2.73. The Kier molecular flexibility index (Phi) is 10.6. The number of methoxy groups -OCH3 is 1. The van der Waals surface area contributed by atoms with Crippen LogP contribution < -0.4 is 10.5 Å². The first-order valence-corrected chi connectivity index (χ1v) is 8.25. The molecular formula is C17H22ClF3N2OS. The van der Waals surface area contributed by atoms with Crippen LogP contribution in [0.5, 0.6) is 5.88 Å².